The van der Waals surface area contributed by atoms with E-state index in [2.05, 4.69) is 5.32 Å². The largest absolute Gasteiger partial charge is 0.444 e. The van der Waals surface area contributed by atoms with E-state index < -0.39 is 12.1 Å². The number of amides is 1. The zero-order valence-electron chi connectivity index (χ0n) is 10.3. The number of nitrogens with zero attached hydrogens (tertiary/aromatic N) is 1. The number of hydrogen-bond donors (Lipinski definition) is 1. The van der Waals surface area contributed by atoms with Crippen molar-refractivity contribution in [1.29, 1.82) is 5.26 Å². The molecule has 98 valence electrons. The molecule has 1 heterocycles. The SMILES string of the molecule is C[C@H](C#N)OC(=O)c1ccc2c(c1)NC(=O)CCS2. The Balaban J connectivity index is 2.23. The summed E-state index contributed by atoms with van der Waals surface area (Å²) in [4.78, 5) is 24.2. The van der Waals surface area contributed by atoms with E-state index in [0.717, 1.165) is 4.90 Å². The molecule has 1 N–H and O–H groups in total. The van der Waals surface area contributed by atoms with Gasteiger partial charge in [0.05, 0.1) is 11.3 Å². The number of carbonyl (C=O) groups excluding carboxylic acids is 2. The topological polar surface area (TPSA) is 79.2 Å². The number of thioether (sulfide) groups is 1. The van der Waals surface area contributed by atoms with Gasteiger partial charge in [-0.1, -0.05) is 0 Å². The molecule has 2 rings (SSSR count). The zero-order chi connectivity index (χ0) is 13.8. The van der Waals surface area contributed by atoms with Crippen molar-refractivity contribution in [2.45, 2.75) is 24.3 Å². The maximum Gasteiger partial charge on any atom is 0.339 e. The fourth-order valence-corrected chi connectivity index (χ4v) is 2.54. The first-order chi connectivity index (χ1) is 9.10. The lowest BCUT2D eigenvalue weighted by atomic mass is 10.2. The average molecular weight is 276 g/mol. The Kier molecular flexibility index (Phi) is 4.07. The average Bonchev–Trinajstić information content (AvgIpc) is 2.58. The minimum absolute atomic E-state index is 0.0674. The third-order valence-electron chi connectivity index (χ3n) is 2.54. The van der Waals surface area contributed by atoms with Gasteiger partial charge >= 0.3 is 5.97 Å². The molecule has 1 aromatic carbocycles. The molecule has 0 aromatic heterocycles. The fraction of sp³-hybridized carbons (Fsp3) is 0.308. The van der Waals surface area contributed by atoms with E-state index in [0.29, 0.717) is 23.4 Å². The smallest absolute Gasteiger partial charge is 0.339 e. The van der Waals surface area contributed by atoms with Crippen molar-refractivity contribution < 1.29 is 14.3 Å². The quantitative estimate of drug-likeness (QED) is 0.838. The van der Waals surface area contributed by atoms with Gasteiger partial charge in [-0.25, -0.2) is 4.79 Å². The summed E-state index contributed by atoms with van der Waals surface area (Å²) >= 11 is 1.56. The summed E-state index contributed by atoms with van der Waals surface area (Å²) < 4.78 is 4.92. The second-order valence-corrected chi connectivity index (χ2v) is 5.17. The lowest BCUT2D eigenvalue weighted by Gasteiger charge is -2.09. The predicted molar refractivity (Wildman–Crippen MR) is 70.9 cm³/mol. The molecule has 0 saturated heterocycles. The van der Waals surface area contributed by atoms with Crippen LogP contribution >= 0.6 is 11.8 Å². The van der Waals surface area contributed by atoms with Crippen molar-refractivity contribution in [3.63, 3.8) is 0 Å². The maximum absolute atomic E-state index is 11.8. The van der Waals surface area contributed by atoms with Crippen LogP contribution in [-0.2, 0) is 9.53 Å². The zero-order valence-corrected chi connectivity index (χ0v) is 11.1. The van der Waals surface area contributed by atoms with Crippen LogP contribution in [0, 0.1) is 11.3 Å². The molecule has 6 heteroatoms. The Bertz CT molecular complexity index is 565. The van der Waals surface area contributed by atoms with Gasteiger partial charge in [0.25, 0.3) is 0 Å². The molecule has 0 aliphatic carbocycles. The van der Waals surface area contributed by atoms with Crippen LogP contribution in [0.4, 0.5) is 5.69 Å². The normalized spacial score (nSPS) is 15.5. The summed E-state index contributed by atoms with van der Waals surface area (Å²) in [7, 11) is 0. The summed E-state index contributed by atoms with van der Waals surface area (Å²) in [6, 6.07) is 6.82. The van der Waals surface area contributed by atoms with E-state index in [4.69, 9.17) is 10.00 Å². The standard InChI is InChI=1S/C13H12N2O3S/c1-8(7-14)18-13(17)9-2-3-11-10(6-9)15-12(16)4-5-19-11/h2-3,6,8H,4-5H2,1H3,(H,15,16)/t8-/m1/s1. The van der Waals surface area contributed by atoms with Crippen molar-refractivity contribution in [3.05, 3.63) is 23.8 Å². The maximum atomic E-state index is 11.8. The van der Waals surface area contributed by atoms with Crippen molar-refractivity contribution in [3.8, 4) is 6.07 Å². The molecule has 0 spiro atoms. The van der Waals surface area contributed by atoms with Crippen molar-refractivity contribution >= 4 is 29.3 Å². The van der Waals surface area contributed by atoms with Crippen LogP contribution < -0.4 is 5.32 Å². The molecule has 1 aromatic rings. The minimum atomic E-state index is -0.796. The fourth-order valence-electron chi connectivity index (χ4n) is 1.60. The monoisotopic (exact) mass is 276 g/mol. The van der Waals surface area contributed by atoms with Crippen molar-refractivity contribution in [1.82, 2.24) is 0 Å². The Hall–Kier alpha value is -2.00. The summed E-state index contributed by atoms with van der Waals surface area (Å²) in [5.74, 6) is 0.0798. The highest BCUT2D eigenvalue weighted by Crippen LogP contribution is 2.31. The van der Waals surface area contributed by atoms with E-state index in [1.807, 2.05) is 6.07 Å². The van der Waals surface area contributed by atoms with Gasteiger partial charge in [0.1, 0.15) is 6.07 Å². The van der Waals surface area contributed by atoms with Crippen LogP contribution in [0.25, 0.3) is 0 Å². The Morgan fingerprint density at radius 3 is 3.11 bits per heavy atom. The summed E-state index contributed by atoms with van der Waals surface area (Å²) in [5.41, 5.74) is 0.940. The molecular formula is C13H12N2O3S. The van der Waals surface area contributed by atoms with Gasteiger partial charge in [0.15, 0.2) is 6.10 Å². The van der Waals surface area contributed by atoms with Gasteiger partial charge in [0, 0.05) is 17.1 Å². The molecule has 0 bridgehead atoms. The lowest BCUT2D eigenvalue weighted by Crippen LogP contribution is -2.14. The molecule has 1 aliphatic heterocycles. The van der Waals surface area contributed by atoms with Crippen LogP contribution in [0.1, 0.15) is 23.7 Å². The molecule has 19 heavy (non-hydrogen) atoms. The molecular weight excluding hydrogens is 264 g/mol. The minimum Gasteiger partial charge on any atom is -0.444 e. The van der Waals surface area contributed by atoms with Crippen LogP contribution in [-0.4, -0.2) is 23.7 Å². The molecule has 5 nitrogen and oxygen atoms in total. The van der Waals surface area contributed by atoms with Gasteiger partial charge in [-0.05, 0) is 25.1 Å². The highest BCUT2D eigenvalue weighted by molar-refractivity contribution is 7.99. The van der Waals surface area contributed by atoms with Crippen LogP contribution in [0.5, 0.6) is 0 Å². The first kappa shape index (κ1) is 13.4. The van der Waals surface area contributed by atoms with E-state index in [-0.39, 0.29) is 5.91 Å². The van der Waals surface area contributed by atoms with Gasteiger partial charge in [0.2, 0.25) is 5.91 Å². The number of hydrogen-bond acceptors (Lipinski definition) is 5. The van der Waals surface area contributed by atoms with Crippen LogP contribution in [0.2, 0.25) is 0 Å². The number of carbonyl (C=O) groups is 2. The number of fused-ring (bicyclic) bond motifs is 1. The molecule has 0 radical (unpaired) electrons. The predicted octanol–water partition coefficient (Wildman–Crippen LogP) is 2.19. The number of rotatable bonds is 2. The van der Waals surface area contributed by atoms with Crippen molar-refractivity contribution in [2.24, 2.45) is 0 Å². The van der Waals surface area contributed by atoms with Crippen LogP contribution in [0.15, 0.2) is 23.1 Å². The third-order valence-corrected chi connectivity index (χ3v) is 3.62. The van der Waals surface area contributed by atoms with Crippen LogP contribution in [0.3, 0.4) is 0 Å². The number of nitrogens with one attached hydrogen (secondary N) is 1. The van der Waals surface area contributed by atoms with Gasteiger partial charge < -0.3 is 10.1 Å². The highest BCUT2D eigenvalue weighted by atomic mass is 32.2. The van der Waals surface area contributed by atoms with Gasteiger partial charge in [-0.2, -0.15) is 5.26 Å². The third kappa shape index (κ3) is 3.26. The molecule has 0 unspecified atom stereocenters. The summed E-state index contributed by atoms with van der Waals surface area (Å²) in [6.45, 7) is 1.50. The van der Waals surface area contributed by atoms with E-state index in [9.17, 15) is 9.59 Å². The Morgan fingerprint density at radius 2 is 2.37 bits per heavy atom. The first-order valence-corrected chi connectivity index (χ1v) is 6.76. The molecule has 1 amide bonds. The molecule has 1 aliphatic rings. The second kappa shape index (κ2) is 5.76. The van der Waals surface area contributed by atoms with E-state index in [1.54, 1.807) is 30.0 Å². The molecule has 0 fully saturated rings. The Labute approximate surface area is 114 Å². The number of esters is 1. The summed E-state index contributed by atoms with van der Waals surface area (Å²) in [5, 5.41) is 11.4. The number of benzene rings is 1. The summed E-state index contributed by atoms with van der Waals surface area (Å²) in [6.07, 6.45) is -0.347. The highest BCUT2D eigenvalue weighted by Gasteiger charge is 2.17. The van der Waals surface area contributed by atoms with Gasteiger partial charge in [-0.15, -0.1) is 11.8 Å². The second-order valence-electron chi connectivity index (χ2n) is 4.03. The number of nitriles is 1. The Morgan fingerprint density at radius 1 is 1.58 bits per heavy atom. The lowest BCUT2D eigenvalue weighted by molar-refractivity contribution is -0.115. The van der Waals surface area contributed by atoms with Crippen molar-refractivity contribution in [2.75, 3.05) is 11.1 Å². The molecule has 1 atom stereocenters. The first-order valence-electron chi connectivity index (χ1n) is 5.77. The van der Waals surface area contributed by atoms with E-state index >= 15 is 0 Å². The van der Waals surface area contributed by atoms with E-state index in [1.165, 1.54) is 6.92 Å². The molecule has 0 saturated carbocycles. The number of ether oxygens (including phenoxy) is 1. The number of anilines is 1. The van der Waals surface area contributed by atoms with Gasteiger partial charge in [-0.3, -0.25) is 4.79 Å².